The van der Waals surface area contributed by atoms with Gasteiger partial charge < -0.3 is 9.64 Å². The number of para-hydroxylation sites is 1. The maximum atomic E-state index is 13.0. The second-order valence-electron chi connectivity index (χ2n) is 7.43. The van der Waals surface area contributed by atoms with Crippen LogP contribution in [0.3, 0.4) is 0 Å². The van der Waals surface area contributed by atoms with Crippen molar-refractivity contribution in [1.29, 1.82) is 0 Å². The molecular formula is C22H26N2O2. The van der Waals surface area contributed by atoms with Gasteiger partial charge in [-0.15, -0.1) is 0 Å². The molecule has 0 aliphatic carbocycles. The van der Waals surface area contributed by atoms with Crippen molar-refractivity contribution < 1.29 is 9.53 Å². The van der Waals surface area contributed by atoms with Gasteiger partial charge in [-0.25, -0.2) is 4.79 Å². The molecule has 1 amide bonds. The van der Waals surface area contributed by atoms with Crippen molar-refractivity contribution in [2.45, 2.75) is 50.4 Å². The Morgan fingerprint density at radius 3 is 2.19 bits per heavy atom. The number of amides is 1. The van der Waals surface area contributed by atoms with Crippen LogP contribution in [0.2, 0.25) is 0 Å². The summed E-state index contributed by atoms with van der Waals surface area (Å²) in [6.07, 6.45) is 4.13. The number of carbonyl (C=O) groups excluding carboxylic acids is 1. The molecule has 2 aromatic carbocycles. The molecule has 2 saturated heterocycles. The smallest absolute Gasteiger partial charge is 0.414 e. The fraction of sp³-hybridized carbons (Fsp3) is 0.409. The standard InChI is InChI=1S/C22H26N2O2/c1-23-19-12-13-20(23)15-21(14-19)26-22(25)24(18-10-6-3-7-11-18)16-17-8-4-2-5-9-17/h2-11,19-21H,12-16H2,1H3/t19-,20+,21?. The molecule has 2 fully saturated rings. The fourth-order valence-electron chi connectivity index (χ4n) is 4.30. The molecule has 0 saturated carbocycles. The third-order valence-corrected chi connectivity index (χ3v) is 5.79. The number of carbonyl (C=O) groups is 1. The van der Waals surface area contributed by atoms with Gasteiger partial charge in [0.15, 0.2) is 0 Å². The molecule has 4 heteroatoms. The Balaban J connectivity index is 1.49. The number of benzene rings is 2. The lowest BCUT2D eigenvalue weighted by atomic mass is 10.0. The molecule has 2 heterocycles. The fourth-order valence-corrected chi connectivity index (χ4v) is 4.30. The Morgan fingerprint density at radius 2 is 1.58 bits per heavy atom. The molecule has 26 heavy (non-hydrogen) atoms. The van der Waals surface area contributed by atoms with Gasteiger partial charge in [0.2, 0.25) is 0 Å². The van der Waals surface area contributed by atoms with E-state index in [1.54, 1.807) is 4.90 Å². The lowest BCUT2D eigenvalue weighted by Gasteiger charge is -2.36. The highest BCUT2D eigenvalue weighted by Crippen LogP contribution is 2.35. The van der Waals surface area contributed by atoms with Crippen LogP contribution >= 0.6 is 0 Å². The summed E-state index contributed by atoms with van der Waals surface area (Å²) < 4.78 is 5.97. The predicted molar refractivity (Wildman–Crippen MR) is 103 cm³/mol. The van der Waals surface area contributed by atoms with Crippen molar-refractivity contribution >= 4 is 11.8 Å². The zero-order valence-corrected chi connectivity index (χ0v) is 15.3. The number of hydrogen-bond donors (Lipinski definition) is 0. The highest BCUT2D eigenvalue weighted by Gasteiger charge is 2.40. The van der Waals surface area contributed by atoms with Crippen molar-refractivity contribution in [1.82, 2.24) is 4.90 Å². The molecule has 0 radical (unpaired) electrons. The summed E-state index contributed by atoms with van der Waals surface area (Å²) in [7, 11) is 2.20. The van der Waals surface area contributed by atoms with Gasteiger partial charge >= 0.3 is 6.09 Å². The van der Waals surface area contributed by atoms with Crippen LogP contribution in [0.1, 0.15) is 31.2 Å². The minimum absolute atomic E-state index is 0.0261. The van der Waals surface area contributed by atoms with E-state index in [1.165, 1.54) is 12.8 Å². The van der Waals surface area contributed by atoms with Crippen molar-refractivity contribution in [3.63, 3.8) is 0 Å². The van der Waals surface area contributed by atoms with Crippen molar-refractivity contribution in [3.8, 4) is 0 Å². The lowest BCUT2D eigenvalue weighted by molar-refractivity contribution is 0.0314. The van der Waals surface area contributed by atoms with E-state index in [4.69, 9.17) is 4.74 Å². The summed E-state index contributed by atoms with van der Waals surface area (Å²) in [6.45, 7) is 0.517. The maximum Gasteiger partial charge on any atom is 0.414 e. The first-order valence-electron chi connectivity index (χ1n) is 9.50. The highest BCUT2D eigenvalue weighted by atomic mass is 16.6. The van der Waals surface area contributed by atoms with Gasteiger partial charge in [0.1, 0.15) is 6.10 Å². The number of nitrogens with zero attached hydrogens (tertiary/aromatic N) is 2. The number of piperidine rings is 1. The van der Waals surface area contributed by atoms with Crippen LogP contribution in [-0.4, -0.2) is 36.2 Å². The summed E-state index contributed by atoms with van der Waals surface area (Å²) in [5, 5.41) is 0. The molecule has 4 nitrogen and oxygen atoms in total. The first kappa shape index (κ1) is 17.1. The summed E-state index contributed by atoms with van der Waals surface area (Å²) in [4.78, 5) is 17.2. The summed E-state index contributed by atoms with van der Waals surface area (Å²) >= 11 is 0. The average Bonchev–Trinajstić information content (AvgIpc) is 2.88. The van der Waals surface area contributed by atoms with Gasteiger partial charge in [0, 0.05) is 30.6 Å². The Bertz CT molecular complexity index is 720. The number of rotatable bonds is 4. The topological polar surface area (TPSA) is 32.8 Å². The minimum atomic E-state index is -0.242. The molecule has 2 aromatic rings. The first-order valence-corrected chi connectivity index (χ1v) is 9.50. The average molecular weight is 350 g/mol. The molecule has 1 unspecified atom stereocenters. The van der Waals surface area contributed by atoms with Crippen LogP contribution in [0.5, 0.6) is 0 Å². The van der Waals surface area contributed by atoms with Crippen LogP contribution in [-0.2, 0) is 11.3 Å². The largest absolute Gasteiger partial charge is 0.446 e. The van der Waals surface area contributed by atoms with E-state index in [2.05, 4.69) is 11.9 Å². The highest BCUT2D eigenvalue weighted by molar-refractivity contribution is 5.87. The van der Waals surface area contributed by atoms with Gasteiger partial charge in [-0.05, 0) is 37.6 Å². The summed E-state index contributed by atoms with van der Waals surface area (Å²) in [5.41, 5.74) is 1.97. The van der Waals surface area contributed by atoms with Crippen LogP contribution in [0.15, 0.2) is 60.7 Å². The monoisotopic (exact) mass is 350 g/mol. The van der Waals surface area contributed by atoms with Crippen LogP contribution in [0, 0.1) is 0 Å². The molecule has 136 valence electrons. The van der Waals surface area contributed by atoms with E-state index in [-0.39, 0.29) is 12.2 Å². The molecule has 2 aliphatic rings. The molecule has 0 spiro atoms. The zero-order valence-electron chi connectivity index (χ0n) is 15.3. The number of ether oxygens (including phenoxy) is 1. The van der Waals surface area contributed by atoms with E-state index < -0.39 is 0 Å². The number of anilines is 1. The Morgan fingerprint density at radius 1 is 1.00 bits per heavy atom. The van der Waals surface area contributed by atoms with E-state index in [0.717, 1.165) is 24.1 Å². The number of hydrogen-bond acceptors (Lipinski definition) is 3. The minimum Gasteiger partial charge on any atom is -0.446 e. The van der Waals surface area contributed by atoms with Gasteiger partial charge in [-0.2, -0.15) is 0 Å². The summed E-state index contributed by atoms with van der Waals surface area (Å²) in [6, 6.07) is 21.0. The second-order valence-corrected chi connectivity index (χ2v) is 7.43. The third-order valence-electron chi connectivity index (χ3n) is 5.79. The van der Waals surface area contributed by atoms with Gasteiger partial charge in [0.05, 0.1) is 6.54 Å². The molecule has 0 aromatic heterocycles. The Labute approximate surface area is 155 Å². The zero-order chi connectivity index (χ0) is 17.9. The van der Waals surface area contributed by atoms with Gasteiger partial charge in [-0.3, -0.25) is 4.90 Å². The quantitative estimate of drug-likeness (QED) is 0.816. The Hall–Kier alpha value is -2.33. The van der Waals surface area contributed by atoms with Crippen LogP contribution in [0.4, 0.5) is 10.5 Å². The van der Waals surface area contributed by atoms with E-state index in [1.807, 2.05) is 60.7 Å². The first-order chi connectivity index (χ1) is 12.7. The molecule has 2 aliphatic heterocycles. The van der Waals surface area contributed by atoms with E-state index in [0.29, 0.717) is 18.6 Å². The van der Waals surface area contributed by atoms with Crippen LogP contribution in [0.25, 0.3) is 0 Å². The molecular weight excluding hydrogens is 324 g/mol. The Kier molecular flexibility index (Phi) is 4.93. The second kappa shape index (κ2) is 7.50. The van der Waals surface area contributed by atoms with Crippen molar-refractivity contribution in [2.75, 3.05) is 11.9 Å². The van der Waals surface area contributed by atoms with Crippen molar-refractivity contribution in [2.24, 2.45) is 0 Å². The van der Waals surface area contributed by atoms with Crippen LogP contribution < -0.4 is 4.90 Å². The lowest BCUT2D eigenvalue weighted by Crippen LogP contribution is -2.45. The SMILES string of the molecule is CN1[C@@H]2CC[C@H]1CC(OC(=O)N(Cc1ccccc1)c1ccccc1)C2. The normalized spacial score (nSPS) is 25.0. The molecule has 3 atom stereocenters. The third kappa shape index (κ3) is 3.61. The predicted octanol–water partition coefficient (Wildman–Crippen LogP) is 4.46. The maximum absolute atomic E-state index is 13.0. The van der Waals surface area contributed by atoms with Crippen molar-refractivity contribution in [3.05, 3.63) is 66.2 Å². The molecule has 0 N–H and O–H groups in total. The van der Waals surface area contributed by atoms with E-state index >= 15 is 0 Å². The van der Waals surface area contributed by atoms with Gasteiger partial charge in [-0.1, -0.05) is 48.5 Å². The number of fused-ring (bicyclic) bond motifs is 2. The van der Waals surface area contributed by atoms with Gasteiger partial charge in [0.25, 0.3) is 0 Å². The molecule has 4 rings (SSSR count). The molecule has 2 bridgehead atoms. The summed E-state index contributed by atoms with van der Waals surface area (Å²) in [5.74, 6) is 0. The van der Waals surface area contributed by atoms with E-state index in [9.17, 15) is 4.79 Å².